The van der Waals surface area contributed by atoms with Gasteiger partial charge in [0.15, 0.2) is 0 Å². The van der Waals surface area contributed by atoms with E-state index in [0.29, 0.717) is 12.1 Å². The molecular formula is C18H29N. The molecule has 19 heavy (non-hydrogen) atoms. The third-order valence-corrected chi connectivity index (χ3v) is 4.36. The van der Waals surface area contributed by atoms with E-state index in [2.05, 4.69) is 43.4 Å². The second kappa shape index (κ2) is 7.69. The van der Waals surface area contributed by atoms with Gasteiger partial charge in [0.05, 0.1) is 0 Å². The second-order valence-electron chi connectivity index (χ2n) is 6.13. The summed E-state index contributed by atoms with van der Waals surface area (Å²) in [6.45, 7) is 4.63. The lowest BCUT2D eigenvalue weighted by Crippen LogP contribution is -2.40. The highest BCUT2D eigenvalue weighted by Gasteiger charge is 2.19. The summed E-state index contributed by atoms with van der Waals surface area (Å²) in [6, 6.07) is 10.3. The highest BCUT2D eigenvalue weighted by Crippen LogP contribution is 2.21. The Morgan fingerprint density at radius 2 is 1.95 bits per heavy atom. The molecule has 1 nitrogen and oxygen atoms in total. The Balaban J connectivity index is 1.72. The molecule has 1 N–H and O–H groups in total. The van der Waals surface area contributed by atoms with Crippen molar-refractivity contribution in [1.29, 1.82) is 0 Å². The van der Waals surface area contributed by atoms with Crippen LogP contribution in [0.2, 0.25) is 0 Å². The molecule has 106 valence electrons. The Morgan fingerprint density at radius 1 is 1.16 bits per heavy atom. The van der Waals surface area contributed by atoms with Crippen LogP contribution >= 0.6 is 0 Å². The smallest absolute Gasteiger partial charge is 0.0113 e. The van der Waals surface area contributed by atoms with E-state index in [1.165, 1.54) is 51.4 Å². The number of rotatable bonds is 7. The number of unbranched alkanes of at least 4 members (excludes halogenated alkanes) is 3. The van der Waals surface area contributed by atoms with Gasteiger partial charge in [-0.15, -0.1) is 0 Å². The maximum absolute atomic E-state index is 3.84. The maximum Gasteiger partial charge on any atom is 0.0113 e. The van der Waals surface area contributed by atoms with Gasteiger partial charge in [-0.3, -0.25) is 0 Å². The van der Waals surface area contributed by atoms with Crippen molar-refractivity contribution >= 4 is 0 Å². The van der Waals surface area contributed by atoms with Crippen molar-refractivity contribution in [2.24, 2.45) is 0 Å². The zero-order chi connectivity index (χ0) is 13.5. The lowest BCUT2D eigenvalue weighted by Gasteiger charge is -2.28. The van der Waals surface area contributed by atoms with Crippen molar-refractivity contribution in [3.63, 3.8) is 0 Å². The quantitative estimate of drug-likeness (QED) is 0.711. The van der Waals surface area contributed by atoms with Crippen LogP contribution in [0.1, 0.15) is 63.5 Å². The maximum atomic E-state index is 3.84. The molecule has 0 saturated heterocycles. The molecule has 0 fully saturated rings. The fraction of sp³-hybridized carbons (Fsp3) is 0.667. The first kappa shape index (κ1) is 14.6. The van der Waals surface area contributed by atoms with Gasteiger partial charge in [0, 0.05) is 12.1 Å². The fourth-order valence-corrected chi connectivity index (χ4v) is 3.20. The fourth-order valence-electron chi connectivity index (χ4n) is 3.20. The molecule has 0 spiro atoms. The van der Waals surface area contributed by atoms with Crippen LogP contribution in [0.25, 0.3) is 0 Å². The summed E-state index contributed by atoms with van der Waals surface area (Å²) >= 11 is 0. The number of fused-ring (bicyclic) bond motifs is 1. The van der Waals surface area contributed by atoms with Crippen molar-refractivity contribution < 1.29 is 0 Å². The van der Waals surface area contributed by atoms with Crippen LogP contribution in [0.5, 0.6) is 0 Å². The van der Waals surface area contributed by atoms with E-state index in [1.807, 2.05) is 0 Å². The third-order valence-electron chi connectivity index (χ3n) is 4.36. The Kier molecular flexibility index (Phi) is 5.91. The van der Waals surface area contributed by atoms with Gasteiger partial charge in [0.25, 0.3) is 0 Å². The van der Waals surface area contributed by atoms with Crippen molar-refractivity contribution in [3.8, 4) is 0 Å². The van der Waals surface area contributed by atoms with Crippen molar-refractivity contribution in [2.75, 3.05) is 0 Å². The van der Waals surface area contributed by atoms with Gasteiger partial charge >= 0.3 is 0 Å². The molecular weight excluding hydrogens is 230 g/mol. The number of nitrogens with one attached hydrogen (secondary N) is 1. The molecule has 0 bridgehead atoms. The highest BCUT2D eigenvalue weighted by atomic mass is 14.9. The van der Waals surface area contributed by atoms with E-state index in [1.54, 1.807) is 11.1 Å². The molecule has 0 radical (unpaired) electrons. The lowest BCUT2D eigenvalue weighted by molar-refractivity contribution is 0.385. The van der Waals surface area contributed by atoms with Gasteiger partial charge in [-0.05, 0) is 43.7 Å². The molecule has 1 aromatic rings. The first-order chi connectivity index (χ1) is 9.29. The largest absolute Gasteiger partial charge is 0.311 e. The molecule has 2 rings (SSSR count). The van der Waals surface area contributed by atoms with Gasteiger partial charge in [-0.25, -0.2) is 0 Å². The van der Waals surface area contributed by atoms with Gasteiger partial charge in [-0.1, -0.05) is 56.9 Å². The summed E-state index contributed by atoms with van der Waals surface area (Å²) in [4.78, 5) is 0. The van der Waals surface area contributed by atoms with Crippen LogP contribution < -0.4 is 5.32 Å². The Bertz CT molecular complexity index is 372. The number of hydrogen-bond donors (Lipinski definition) is 1. The Hall–Kier alpha value is -0.820. The van der Waals surface area contributed by atoms with E-state index >= 15 is 0 Å². The van der Waals surface area contributed by atoms with Gasteiger partial charge in [-0.2, -0.15) is 0 Å². The first-order valence-corrected chi connectivity index (χ1v) is 8.12. The zero-order valence-corrected chi connectivity index (χ0v) is 12.6. The summed E-state index contributed by atoms with van der Waals surface area (Å²) in [6.07, 6.45) is 10.6. The predicted molar refractivity (Wildman–Crippen MR) is 83.6 cm³/mol. The van der Waals surface area contributed by atoms with Crippen LogP contribution in [0, 0.1) is 0 Å². The minimum atomic E-state index is 0.673. The summed E-state index contributed by atoms with van der Waals surface area (Å²) in [5.74, 6) is 0. The Morgan fingerprint density at radius 3 is 2.74 bits per heavy atom. The van der Waals surface area contributed by atoms with Crippen LogP contribution in [-0.2, 0) is 12.8 Å². The van der Waals surface area contributed by atoms with E-state index in [4.69, 9.17) is 0 Å². The molecule has 1 aliphatic carbocycles. The van der Waals surface area contributed by atoms with Crippen LogP contribution in [0.15, 0.2) is 24.3 Å². The SMILES string of the molecule is CCCCCCC(C)NC1CCc2ccccc2C1. The average molecular weight is 259 g/mol. The zero-order valence-electron chi connectivity index (χ0n) is 12.6. The summed E-state index contributed by atoms with van der Waals surface area (Å²) in [5, 5.41) is 3.84. The summed E-state index contributed by atoms with van der Waals surface area (Å²) < 4.78 is 0. The average Bonchev–Trinajstić information content (AvgIpc) is 2.43. The standard InChI is InChI=1S/C18H29N/c1-3-4-5-6-9-15(2)19-18-13-12-16-10-7-8-11-17(16)14-18/h7-8,10-11,15,18-19H,3-6,9,12-14H2,1-2H3. The normalized spacial score (nSPS) is 20.0. The van der Waals surface area contributed by atoms with E-state index in [-0.39, 0.29) is 0 Å². The van der Waals surface area contributed by atoms with Crippen LogP contribution in [0.3, 0.4) is 0 Å². The second-order valence-corrected chi connectivity index (χ2v) is 6.13. The van der Waals surface area contributed by atoms with E-state index in [0.717, 1.165) is 0 Å². The molecule has 1 aliphatic rings. The minimum absolute atomic E-state index is 0.673. The van der Waals surface area contributed by atoms with E-state index < -0.39 is 0 Å². The van der Waals surface area contributed by atoms with Crippen molar-refractivity contribution in [3.05, 3.63) is 35.4 Å². The minimum Gasteiger partial charge on any atom is -0.311 e. The van der Waals surface area contributed by atoms with Gasteiger partial charge < -0.3 is 5.32 Å². The molecule has 1 heteroatoms. The van der Waals surface area contributed by atoms with Crippen LogP contribution in [0.4, 0.5) is 0 Å². The molecule has 0 aliphatic heterocycles. The molecule has 2 unspecified atom stereocenters. The van der Waals surface area contributed by atoms with Gasteiger partial charge in [0.2, 0.25) is 0 Å². The molecule has 0 saturated carbocycles. The lowest BCUT2D eigenvalue weighted by atomic mass is 9.88. The molecule has 0 aromatic heterocycles. The highest BCUT2D eigenvalue weighted by molar-refractivity contribution is 5.30. The number of aryl methyl sites for hydroxylation is 1. The topological polar surface area (TPSA) is 12.0 Å². The molecule has 0 heterocycles. The summed E-state index contributed by atoms with van der Waals surface area (Å²) in [5.41, 5.74) is 3.13. The molecule has 1 aromatic carbocycles. The van der Waals surface area contributed by atoms with Gasteiger partial charge in [0.1, 0.15) is 0 Å². The van der Waals surface area contributed by atoms with Crippen molar-refractivity contribution in [1.82, 2.24) is 5.32 Å². The monoisotopic (exact) mass is 259 g/mol. The molecule has 0 amide bonds. The number of hydrogen-bond acceptors (Lipinski definition) is 1. The predicted octanol–water partition coefficient (Wildman–Crippen LogP) is 4.49. The third kappa shape index (κ3) is 4.65. The molecule has 2 atom stereocenters. The van der Waals surface area contributed by atoms with E-state index in [9.17, 15) is 0 Å². The Labute approximate surface area is 118 Å². The first-order valence-electron chi connectivity index (χ1n) is 8.12. The van der Waals surface area contributed by atoms with Crippen molar-refractivity contribution in [2.45, 2.75) is 77.3 Å². The van der Waals surface area contributed by atoms with Crippen LogP contribution in [-0.4, -0.2) is 12.1 Å². The summed E-state index contributed by atoms with van der Waals surface area (Å²) in [7, 11) is 0. The number of benzene rings is 1.